The Morgan fingerprint density at radius 1 is 1.31 bits per heavy atom. The van der Waals surface area contributed by atoms with Crippen LogP contribution in [0.3, 0.4) is 0 Å². The summed E-state index contributed by atoms with van der Waals surface area (Å²) >= 11 is 0. The van der Waals surface area contributed by atoms with Crippen LogP contribution in [0.1, 0.15) is 68.9 Å². The number of fused-ring (bicyclic) bond motifs is 5. The summed E-state index contributed by atoms with van der Waals surface area (Å²) in [5, 5.41) is 18.8. The number of carboxylic acid groups (broad SMARTS) is 1. The summed E-state index contributed by atoms with van der Waals surface area (Å²) < 4.78 is 0. The van der Waals surface area contributed by atoms with Crippen molar-refractivity contribution < 1.29 is 15.0 Å². The Bertz CT molecular complexity index is 703. The molecular weight excluding hydrogens is 326 g/mol. The molecule has 4 heteroatoms. The monoisotopic (exact) mass is 357 g/mol. The molecule has 3 aliphatic rings. The maximum absolute atomic E-state index is 10.9. The van der Waals surface area contributed by atoms with E-state index in [9.17, 15) is 9.90 Å². The molecule has 0 radical (unpaired) electrons. The first-order chi connectivity index (χ1) is 12.4. The fraction of sp³-hybridized carbons (Fsp3) is 0.682. The smallest absolute Gasteiger partial charge is 0.303 e. The SMILES string of the molecule is C[C@]12CC[C@@H]3c4ccc(O)cc4CC[C@H]3[C@@H]1CCC2C(N)CCC(=O)O. The molecule has 3 aliphatic carbocycles. The zero-order valence-corrected chi connectivity index (χ0v) is 15.7. The van der Waals surface area contributed by atoms with Gasteiger partial charge in [0.15, 0.2) is 0 Å². The maximum Gasteiger partial charge on any atom is 0.303 e. The van der Waals surface area contributed by atoms with Gasteiger partial charge in [-0.25, -0.2) is 0 Å². The molecule has 142 valence electrons. The molecule has 26 heavy (non-hydrogen) atoms. The Hall–Kier alpha value is -1.55. The highest BCUT2D eigenvalue weighted by atomic mass is 16.4. The van der Waals surface area contributed by atoms with Crippen LogP contribution in [0.15, 0.2) is 18.2 Å². The Kier molecular flexibility index (Phi) is 4.50. The van der Waals surface area contributed by atoms with Crippen LogP contribution in [-0.4, -0.2) is 22.2 Å². The molecule has 0 spiro atoms. The van der Waals surface area contributed by atoms with E-state index in [0.717, 1.165) is 12.8 Å². The maximum atomic E-state index is 10.9. The van der Waals surface area contributed by atoms with E-state index in [0.29, 0.717) is 35.8 Å². The van der Waals surface area contributed by atoms with Crippen molar-refractivity contribution in [1.82, 2.24) is 0 Å². The number of aromatic hydroxyl groups is 1. The van der Waals surface area contributed by atoms with Gasteiger partial charge >= 0.3 is 5.97 Å². The summed E-state index contributed by atoms with van der Waals surface area (Å²) in [5.74, 6) is 2.12. The van der Waals surface area contributed by atoms with E-state index in [1.54, 1.807) is 0 Å². The second kappa shape index (κ2) is 6.56. The predicted octanol–water partition coefficient (Wildman–Crippen LogP) is 4.06. The molecule has 2 fully saturated rings. The first kappa shape index (κ1) is 17.8. The molecule has 1 aromatic rings. The fourth-order valence-electron chi connectivity index (χ4n) is 6.80. The molecular formula is C22H31NO3. The number of carboxylic acids is 1. The molecule has 0 aliphatic heterocycles. The number of hydrogen-bond acceptors (Lipinski definition) is 3. The minimum atomic E-state index is -0.740. The van der Waals surface area contributed by atoms with Gasteiger partial charge in [0.25, 0.3) is 0 Å². The van der Waals surface area contributed by atoms with Gasteiger partial charge in [0, 0.05) is 12.5 Å². The third kappa shape index (κ3) is 2.83. The zero-order chi connectivity index (χ0) is 18.5. The normalized spacial score (nSPS) is 36.7. The first-order valence-electron chi connectivity index (χ1n) is 10.2. The average Bonchev–Trinajstić information content (AvgIpc) is 2.96. The third-order valence-electron chi connectivity index (χ3n) is 7.99. The van der Waals surface area contributed by atoms with Crippen LogP contribution in [0.2, 0.25) is 0 Å². The lowest BCUT2D eigenvalue weighted by molar-refractivity contribution is -0.137. The largest absolute Gasteiger partial charge is 0.508 e. The van der Waals surface area contributed by atoms with E-state index in [-0.39, 0.29) is 17.9 Å². The van der Waals surface area contributed by atoms with Crippen LogP contribution in [0.4, 0.5) is 0 Å². The van der Waals surface area contributed by atoms with Gasteiger partial charge < -0.3 is 15.9 Å². The molecule has 2 saturated carbocycles. The van der Waals surface area contributed by atoms with E-state index >= 15 is 0 Å². The first-order valence-corrected chi connectivity index (χ1v) is 10.2. The molecule has 0 aromatic heterocycles. The van der Waals surface area contributed by atoms with Crippen molar-refractivity contribution in [3.05, 3.63) is 29.3 Å². The van der Waals surface area contributed by atoms with Crippen molar-refractivity contribution in [2.75, 3.05) is 0 Å². The van der Waals surface area contributed by atoms with E-state index in [2.05, 4.69) is 13.0 Å². The van der Waals surface area contributed by atoms with E-state index in [4.69, 9.17) is 10.8 Å². The number of benzene rings is 1. The summed E-state index contributed by atoms with van der Waals surface area (Å²) in [7, 11) is 0. The molecule has 0 saturated heterocycles. The van der Waals surface area contributed by atoms with Gasteiger partial charge in [0.2, 0.25) is 0 Å². The molecule has 4 rings (SSSR count). The highest BCUT2D eigenvalue weighted by molar-refractivity contribution is 5.66. The number of nitrogens with two attached hydrogens (primary N) is 1. The lowest BCUT2D eigenvalue weighted by Gasteiger charge is -2.52. The standard InChI is InChI=1S/C22H31NO3/c1-22-11-10-16-15-5-3-14(24)12-13(15)2-4-17(16)18(22)6-7-19(22)20(23)8-9-21(25)26/h3,5,12,16-20,24H,2,4,6-11,23H2,1H3,(H,25,26)/t16-,17-,18+,19?,20?,22+/m1/s1. The van der Waals surface area contributed by atoms with Crippen molar-refractivity contribution in [3.8, 4) is 5.75 Å². The number of carbonyl (C=O) groups is 1. The van der Waals surface area contributed by atoms with Crippen molar-refractivity contribution in [2.24, 2.45) is 28.9 Å². The number of phenols is 1. The lowest BCUT2D eigenvalue weighted by Crippen LogP contribution is -2.46. The van der Waals surface area contributed by atoms with Gasteiger partial charge in [0.05, 0.1) is 0 Å². The van der Waals surface area contributed by atoms with E-state index < -0.39 is 5.97 Å². The van der Waals surface area contributed by atoms with Crippen LogP contribution in [-0.2, 0) is 11.2 Å². The van der Waals surface area contributed by atoms with Gasteiger partial charge in [-0.3, -0.25) is 4.79 Å². The van der Waals surface area contributed by atoms with Gasteiger partial charge in [-0.1, -0.05) is 13.0 Å². The third-order valence-corrected chi connectivity index (χ3v) is 7.99. The van der Waals surface area contributed by atoms with Crippen LogP contribution < -0.4 is 5.73 Å². The molecule has 0 bridgehead atoms. The fourth-order valence-corrected chi connectivity index (χ4v) is 6.80. The van der Waals surface area contributed by atoms with Crippen LogP contribution in [0, 0.1) is 23.2 Å². The molecule has 4 N–H and O–H groups in total. The summed E-state index contributed by atoms with van der Waals surface area (Å²) in [6.07, 6.45) is 7.80. The number of phenolic OH excluding ortho intramolecular Hbond substituents is 1. The van der Waals surface area contributed by atoms with Crippen molar-refractivity contribution in [2.45, 2.75) is 70.3 Å². The quantitative estimate of drug-likeness (QED) is 0.759. The number of aliphatic carboxylic acids is 1. The van der Waals surface area contributed by atoms with Crippen molar-refractivity contribution >= 4 is 5.97 Å². The van der Waals surface area contributed by atoms with Gasteiger partial charge in [-0.2, -0.15) is 0 Å². The molecule has 1 aromatic carbocycles. The van der Waals surface area contributed by atoms with Gasteiger partial charge in [-0.15, -0.1) is 0 Å². The average molecular weight is 357 g/mol. The van der Waals surface area contributed by atoms with Gasteiger partial charge in [0.1, 0.15) is 5.75 Å². The van der Waals surface area contributed by atoms with Crippen LogP contribution >= 0.6 is 0 Å². The molecule has 6 atom stereocenters. The van der Waals surface area contributed by atoms with Crippen LogP contribution in [0.25, 0.3) is 0 Å². The Morgan fingerprint density at radius 2 is 2.12 bits per heavy atom. The van der Waals surface area contributed by atoms with Crippen molar-refractivity contribution in [3.63, 3.8) is 0 Å². The van der Waals surface area contributed by atoms with E-state index in [1.807, 2.05) is 12.1 Å². The van der Waals surface area contributed by atoms with Gasteiger partial charge in [-0.05, 0) is 97.3 Å². The minimum Gasteiger partial charge on any atom is -0.508 e. The lowest BCUT2D eigenvalue weighted by atomic mass is 9.53. The zero-order valence-electron chi connectivity index (χ0n) is 15.7. The molecule has 4 nitrogen and oxygen atoms in total. The summed E-state index contributed by atoms with van der Waals surface area (Å²) in [4.78, 5) is 10.9. The Balaban J connectivity index is 1.55. The predicted molar refractivity (Wildman–Crippen MR) is 101 cm³/mol. The van der Waals surface area contributed by atoms with Crippen molar-refractivity contribution in [1.29, 1.82) is 0 Å². The molecule has 0 heterocycles. The summed E-state index contributed by atoms with van der Waals surface area (Å²) in [6.45, 7) is 2.43. The molecule has 0 amide bonds. The topological polar surface area (TPSA) is 83.5 Å². The Labute approximate surface area is 155 Å². The minimum absolute atomic E-state index is 0.00507. The molecule has 2 unspecified atom stereocenters. The summed E-state index contributed by atoms with van der Waals surface area (Å²) in [5.41, 5.74) is 9.54. The Morgan fingerprint density at radius 3 is 2.88 bits per heavy atom. The van der Waals surface area contributed by atoms with E-state index in [1.165, 1.54) is 36.8 Å². The number of hydrogen-bond donors (Lipinski definition) is 3. The second-order valence-corrected chi connectivity index (χ2v) is 9.12. The second-order valence-electron chi connectivity index (χ2n) is 9.12. The number of rotatable bonds is 4. The number of aryl methyl sites for hydroxylation is 1. The van der Waals surface area contributed by atoms with Crippen LogP contribution in [0.5, 0.6) is 5.75 Å². The highest BCUT2D eigenvalue weighted by Gasteiger charge is 2.55. The summed E-state index contributed by atoms with van der Waals surface area (Å²) in [6, 6.07) is 5.95. The highest BCUT2D eigenvalue weighted by Crippen LogP contribution is 2.63.